The van der Waals surface area contributed by atoms with E-state index in [1.807, 2.05) is 0 Å². The fraction of sp³-hybridized carbons (Fsp3) is 0.333. The maximum Gasteiger partial charge on any atom is 0.303 e. The molecule has 7 nitrogen and oxygen atoms in total. The molecular formula is C12H14N2O5. The van der Waals surface area contributed by atoms with Crippen LogP contribution in [0.3, 0.4) is 0 Å². The number of carboxylic acid groups (broad SMARTS) is 1. The van der Waals surface area contributed by atoms with Gasteiger partial charge in [0.15, 0.2) is 5.78 Å². The van der Waals surface area contributed by atoms with E-state index in [9.17, 15) is 19.7 Å². The molecule has 1 aromatic rings. The predicted octanol–water partition coefficient (Wildman–Crippen LogP) is 1.23. The highest BCUT2D eigenvalue weighted by atomic mass is 16.6. The Labute approximate surface area is 109 Å². The van der Waals surface area contributed by atoms with Crippen molar-refractivity contribution in [3.63, 3.8) is 0 Å². The van der Waals surface area contributed by atoms with Crippen molar-refractivity contribution in [1.82, 2.24) is 5.32 Å². The van der Waals surface area contributed by atoms with Gasteiger partial charge < -0.3 is 10.4 Å². The number of carboxylic acids is 1. The van der Waals surface area contributed by atoms with Crippen LogP contribution in [0, 0.1) is 10.1 Å². The fourth-order valence-corrected chi connectivity index (χ4v) is 1.44. The van der Waals surface area contributed by atoms with Crippen molar-refractivity contribution in [2.45, 2.75) is 12.8 Å². The van der Waals surface area contributed by atoms with E-state index in [1.165, 1.54) is 24.3 Å². The average molecular weight is 266 g/mol. The van der Waals surface area contributed by atoms with Crippen LogP contribution in [0.25, 0.3) is 0 Å². The SMILES string of the molecule is O=C(O)CCCNCC(=O)c1ccc([N+](=O)[O-])cc1. The van der Waals surface area contributed by atoms with Crippen LogP contribution < -0.4 is 5.32 Å². The highest BCUT2D eigenvalue weighted by Crippen LogP contribution is 2.11. The summed E-state index contributed by atoms with van der Waals surface area (Å²) >= 11 is 0. The number of Topliss-reactive ketones (excluding diaryl/α,β-unsaturated/α-hetero) is 1. The normalized spacial score (nSPS) is 10.1. The minimum absolute atomic E-state index is 0.0543. The Hall–Kier alpha value is -2.28. The highest BCUT2D eigenvalue weighted by Gasteiger charge is 2.09. The molecule has 0 radical (unpaired) electrons. The molecule has 2 N–H and O–H groups in total. The van der Waals surface area contributed by atoms with Gasteiger partial charge in [-0.15, -0.1) is 0 Å². The van der Waals surface area contributed by atoms with Crippen LogP contribution in [0.5, 0.6) is 0 Å². The summed E-state index contributed by atoms with van der Waals surface area (Å²) in [5.74, 6) is -1.06. The van der Waals surface area contributed by atoms with E-state index in [0.29, 0.717) is 18.5 Å². The van der Waals surface area contributed by atoms with E-state index in [-0.39, 0.29) is 24.4 Å². The monoisotopic (exact) mass is 266 g/mol. The van der Waals surface area contributed by atoms with Crippen LogP contribution in [0.15, 0.2) is 24.3 Å². The quantitative estimate of drug-likeness (QED) is 0.317. The second-order valence-corrected chi connectivity index (χ2v) is 3.90. The maximum atomic E-state index is 11.7. The molecule has 19 heavy (non-hydrogen) atoms. The molecule has 0 amide bonds. The molecule has 0 heterocycles. The van der Waals surface area contributed by atoms with Crippen LogP contribution in [-0.2, 0) is 4.79 Å². The van der Waals surface area contributed by atoms with Crippen molar-refractivity contribution < 1.29 is 19.6 Å². The van der Waals surface area contributed by atoms with Crippen molar-refractivity contribution in [2.24, 2.45) is 0 Å². The number of nitrogens with one attached hydrogen (secondary N) is 1. The Morgan fingerprint density at radius 1 is 1.26 bits per heavy atom. The molecule has 0 fully saturated rings. The van der Waals surface area contributed by atoms with Crippen molar-refractivity contribution in [3.8, 4) is 0 Å². The Balaban J connectivity index is 2.37. The highest BCUT2D eigenvalue weighted by molar-refractivity contribution is 5.97. The van der Waals surface area contributed by atoms with Gasteiger partial charge in [0.05, 0.1) is 11.5 Å². The van der Waals surface area contributed by atoms with Gasteiger partial charge in [0.1, 0.15) is 0 Å². The number of nitrogens with zero attached hydrogens (tertiary/aromatic N) is 1. The molecule has 0 spiro atoms. The standard InChI is InChI=1S/C12H14N2O5/c15-11(8-13-7-1-2-12(16)17)9-3-5-10(6-4-9)14(18)19/h3-6,13H,1-2,7-8H2,(H,16,17). The van der Waals surface area contributed by atoms with E-state index in [1.54, 1.807) is 0 Å². The zero-order valence-electron chi connectivity index (χ0n) is 10.2. The first-order valence-electron chi connectivity index (χ1n) is 5.71. The smallest absolute Gasteiger partial charge is 0.303 e. The Kier molecular flexibility index (Phi) is 5.62. The number of ketones is 1. The zero-order chi connectivity index (χ0) is 14.3. The fourth-order valence-electron chi connectivity index (χ4n) is 1.44. The van der Waals surface area contributed by atoms with E-state index in [2.05, 4.69) is 5.32 Å². The first kappa shape index (κ1) is 14.8. The van der Waals surface area contributed by atoms with Crippen molar-refractivity contribution in [1.29, 1.82) is 0 Å². The summed E-state index contributed by atoms with van der Waals surface area (Å²) in [6.07, 6.45) is 0.502. The minimum Gasteiger partial charge on any atom is -0.481 e. The summed E-state index contributed by atoms with van der Waals surface area (Å²) in [5, 5.41) is 21.7. The van der Waals surface area contributed by atoms with E-state index >= 15 is 0 Å². The number of aliphatic carboxylic acids is 1. The molecule has 1 rings (SSSR count). The summed E-state index contributed by atoms with van der Waals surface area (Å²) in [6, 6.07) is 5.36. The molecule has 0 aromatic heterocycles. The average Bonchev–Trinajstić information content (AvgIpc) is 2.37. The third kappa shape index (κ3) is 5.26. The maximum absolute atomic E-state index is 11.7. The molecule has 0 unspecified atom stereocenters. The molecule has 0 saturated carbocycles. The van der Waals surface area contributed by atoms with Gasteiger partial charge in [-0.25, -0.2) is 0 Å². The van der Waals surface area contributed by atoms with Gasteiger partial charge in [0.25, 0.3) is 5.69 Å². The van der Waals surface area contributed by atoms with Crippen LogP contribution in [0.2, 0.25) is 0 Å². The van der Waals surface area contributed by atoms with Crippen molar-refractivity contribution in [2.75, 3.05) is 13.1 Å². The lowest BCUT2D eigenvalue weighted by molar-refractivity contribution is -0.384. The molecule has 1 aromatic carbocycles. The Morgan fingerprint density at radius 2 is 1.89 bits per heavy atom. The Morgan fingerprint density at radius 3 is 2.42 bits per heavy atom. The third-order valence-electron chi connectivity index (χ3n) is 2.43. The molecule has 0 aliphatic carbocycles. The van der Waals surface area contributed by atoms with Gasteiger partial charge in [-0.3, -0.25) is 19.7 Å². The molecule has 0 saturated heterocycles. The molecular weight excluding hydrogens is 252 g/mol. The summed E-state index contributed by atoms with van der Waals surface area (Å²) in [6.45, 7) is 0.516. The number of hydrogen-bond donors (Lipinski definition) is 2. The van der Waals surface area contributed by atoms with Gasteiger partial charge >= 0.3 is 5.97 Å². The summed E-state index contributed by atoms with van der Waals surface area (Å²) in [4.78, 5) is 31.8. The number of carbonyl (C=O) groups excluding carboxylic acids is 1. The van der Waals surface area contributed by atoms with Crippen LogP contribution in [-0.4, -0.2) is 34.9 Å². The number of nitro benzene ring substituents is 1. The first-order valence-corrected chi connectivity index (χ1v) is 5.71. The number of non-ortho nitro benzene ring substituents is 1. The van der Waals surface area contributed by atoms with Gasteiger partial charge in [-0.1, -0.05) is 0 Å². The lowest BCUT2D eigenvalue weighted by atomic mass is 10.1. The zero-order valence-corrected chi connectivity index (χ0v) is 10.2. The summed E-state index contributed by atoms with van der Waals surface area (Å²) < 4.78 is 0. The van der Waals surface area contributed by atoms with E-state index in [4.69, 9.17) is 5.11 Å². The largest absolute Gasteiger partial charge is 0.481 e. The van der Waals surface area contributed by atoms with Crippen LogP contribution in [0.4, 0.5) is 5.69 Å². The van der Waals surface area contributed by atoms with Crippen LogP contribution in [0.1, 0.15) is 23.2 Å². The summed E-state index contributed by atoms with van der Waals surface area (Å²) in [7, 11) is 0. The molecule has 0 bridgehead atoms. The first-order chi connectivity index (χ1) is 9.00. The molecule has 7 heteroatoms. The molecule has 0 aliphatic heterocycles. The van der Waals surface area contributed by atoms with Gasteiger partial charge in [0.2, 0.25) is 0 Å². The molecule has 102 valence electrons. The van der Waals surface area contributed by atoms with Crippen LogP contribution >= 0.6 is 0 Å². The number of hydrogen-bond acceptors (Lipinski definition) is 5. The van der Waals surface area contributed by atoms with E-state index in [0.717, 1.165) is 0 Å². The number of nitro groups is 1. The molecule has 0 atom stereocenters. The molecule has 0 aliphatic rings. The number of benzene rings is 1. The number of rotatable bonds is 8. The topological polar surface area (TPSA) is 110 Å². The lowest BCUT2D eigenvalue weighted by Gasteiger charge is -2.03. The second-order valence-electron chi connectivity index (χ2n) is 3.90. The van der Waals surface area contributed by atoms with E-state index < -0.39 is 10.9 Å². The third-order valence-corrected chi connectivity index (χ3v) is 2.43. The second kappa shape index (κ2) is 7.22. The summed E-state index contributed by atoms with van der Waals surface area (Å²) in [5.41, 5.74) is 0.322. The van der Waals surface area contributed by atoms with Gasteiger partial charge in [-0.2, -0.15) is 0 Å². The van der Waals surface area contributed by atoms with Crippen molar-refractivity contribution >= 4 is 17.4 Å². The van der Waals surface area contributed by atoms with Gasteiger partial charge in [-0.05, 0) is 25.1 Å². The Bertz CT molecular complexity index is 470. The minimum atomic E-state index is -0.872. The lowest BCUT2D eigenvalue weighted by Crippen LogP contribution is -2.24. The van der Waals surface area contributed by atoms with Crippen molar-refractivity contribution in [3.05, 3.63) is 39.9 Å². The van der Waals surface area contributed by atoms with Gasteiger partial charge in [0, 0.05) is 24.1 Å². The predicted molar refractivity (Wildman–Crippen MR) is 67.2 cm³/mol. The number of carbonyl (C=O) groups is 2.